The molecule has 0 amide bonds. The topological polar surface area (TPSA) is 0 Å². The number of halogens is 2. The van der Waals surface area contributed by atoms with Crippen LogP contribution in [0.15, 0.2) is 97.1 Å². The van der Waals surface area contributed by atoms with E-state index in [0.29, 0.717) is 23.7 Å². The minimum absolute atomic E-state index is 0. The van der Waals surface area contributed by atoms with Gasteiger partial charge in [-0.15, -0.1) is 136 Å². The molecule has 6 heteroatoms. The van der Waals surface area contributed by atoms with Crippen LogP contribution in [0.3, 0.4) is 0 Å². The molecule has 8 rings (SSSR count). The van der Waals surface area contributed by atoms with Gasteiger partial charge in [-0.05, 0) is 23.7 Å². The molecule has 0 heterocycles. The van der Waals surface area contributed by atoms with Crippen molar-refractivity contribution in [2.24, 2.45) is 0 Å². The number of hydrogen-bond donors (Lipinski definition) is 0. The van der Waals surface area contributed by atoms with E-state index >= 15 is 0 Å². The Morgan fingerprint density at radius 1 is 0.297 bits per heavy atom. The third kappa shape index (κ3) is 19.8. The van der Waals surface area contributed by atoms with Gasteiger partial charge in [0.05, 0.1) is 0 Å². The fraction of sp³-hybridized carbons (Fsp3) is 0.471. The summed E-state index contributed by atoms with van der Waals surface area (Å²) in [5, 5.41) is 11.5. The molecule has 74 heavy (non-hydrogen) atoms. The molecule has 0 aliphatic rings. The fourth-order valence-corrected chi connectivity index (χ4v) is 12.5. The monoisotopic (exact) mass is 1220 g/mol. The molecule has 400 valence electrons. The zero-order valence-corrected chi connectivity index (χ0v) is 59.0. The van der Waals surface area contributed by atoms with Gasteiger partial charge in [-0.25, -0.2) is 0 Å². The third-order valence-electron chi connectivity index (χ3n) is 14.1. The minimum Gasteiger partial charge on any atom is -1.00 e. The van der Waals surface area contributed by atoms with Crippen LogP contribution < -0.4 is 24.8 Å². The third-order valence-corrected chi connectivity index (χ3v) is 36.1. The van der Waals surface area contributed by atoms with Crippen molar-refractivity contribution in [1.29, 1.82) is 0 Å². The first-order valence-corrected chi connectivity index (χ1v) is 38.0. The molecule has 0 nitrogen and oxygen atoms in total. The Balaban J connectivity index is 0.000000448. The van der Waals surface area contributed by atoms with Crippen LogP contribution >= 0.6 is 0 Å². The van der Waals surface area contributed by atoms with Crippen molar-refractivity contribution in [1.82, 2.24) is 0 Å². The Hall–Kier alpha value is -1.90. The van der Waals surface area contributed by atoms with E-state index < -0.39 is 0 Å². The van der Waals surface area contributed by atoms with Crippen LogP contribution in [0.4, 0.5) is 0 Å². The molecule has 0 radical (unpaired) electrons. The molecule has 0 aliphatic carbocycles. The maximum atomic E-state index is 2.35. The first-order valence-electron chi connectivity index (χ1n) is 27.3. The molecule has 0 aromatic heterocycles. The number of rotatable bonds is 8. The first-order chi connectivity index (χ1) is 33.5. The molecule has 0 N–H and O–H groups in total. The average molecular weight is 1220 g/mol. The van der Waals surface area contributed by atoms with E-state index in [1.54, 1.807) is 46.7 Å². The van der Waals surface area contributed by atoms with Crippen LogP contribution in [0.2, 0.25) is 22.2 Å². The molecular formula is C68H96Cl2Si2Zr2-2. The molecule has 0 saturated carbocycles. The quantitative estimate of drug-likeness (QED) is 0.105. The van der Waals surface area contributed by atoms with Crippen molar-refractivity contribution in [3.8, 4) is 0 Å². The summed E-state index contributed by atoms with van der Waals surface area (Å²) in [6.45, 7) is 54.3. The Kier molecular flexibility index (Phi) is 30.5. The predicted molar refractivity (Wildman–Crippen MR) is 324 cm³/mol. The molecule has 0 fully saturated rings. The Labute approximate surface area is 496 Å². The Morgan fingerprint density at radius 3 is 0.581 bits per heavy atom. The van der Waals surface area contributed by atoms with Gasteiger partial charge >= 0.3 is 135 Å². The van der Waals surface area contributed by atoms with Crippen molar-refractivity contribution >= 4 is 54.0 Å². The van der Waals surface area contributed by atoms with E-state index in [9.17, 15) is 0 Å². The summed E-state index contributed by atoms with van der Waals surface area (Å²) in [6, 6.07) is 36.4. The Morgan fingerprint density at radius 2 is 0.459 bits per heavy atom. The van der Waals surface area contributed by atoms with E-state index in [4.69, 9.17) is 0 Å². The maximum Gasteiger partial charge on any atom is -0.0308 e. The van der Waals surface area contributed by atoms with Crippen molar-refractivity contribution < 1.29 is 71.5 Å². The summed E-state index contributed by atoms with van der Waals surface area (Å²) in [5.74, 6) is 2.44. The molecule has 8 aromatic carbocycles. The van der Waals surface area contributed by atoms with E-state index in [-0.39, 0.29) is 35.7 Å². The summed E-state index contributed by atoms with van der Waals surface area (Å²) in [5.41, 5.74) is 21.0. The van der Waals surface area contributed by atoms with Crippen molar-refractivity contribution in [3.05, 3.63) is 164 Å². The van der Waals surface area contributed by atoms with Crippen LogP contribution in [0, 0.1) is 55.4 Å². The first kappa shape index (κ1) is 70.1. The molecule has 0 aliphatic heterocycles. The molecule has 8 aromatic rings. The standard InChI is InChI=1S/4C14H17.2C6H14Si.2ClH.2Zr/c4*1-9(2)12-6-5-11(4)13-7-10(3)8-14(12)13;2*1-5(2)7-6(3)4;;;;/h4*5-9H,1-4H3;2*5-6H,1-4H3;2*1H;;/q4*-1;;;;;2*+2/p-2. The molecular weight excluding hydrogens is 1130 g/mol. The van der Waals surface area contributed by atoms with Crippen LogP contribution in [-0.2, 0) is 46.7 Å². The van der Waals surface area contributed by atoms with Gasteiger partial charge in [0.25, 0.3) is 0 Å². The number of fused-ring (bicyclic) bond motifs is 4. The molecule has 0 bridgehead atoms. The summed E-state index contributed by atoms with van der Waals surface area (Å²) < 4.78 is 0. The number of aryl methyl sites for hydroxylation is 8. The van der Waals surface area contributed by atoms with E-state index in [2.05, 4.69) is 263 Å². The number of hydrogen-bond acceptors (Lipinski definition) is 0. The van der Waals surface area contributed by atoms with Gasteiger partial charge in [-0.3, -0.25) is 0 Å². The van der Waals surface area contributed by atoms with Gasteiger partial charge in [0.1, 0.15) is 0 Å². The molecule has 0 atom stereocenters. The smallest absolute Gasteiger partial charge is 0.0308 e. The van der Waals surface area contributed by atoms with Crippen LogP contribution in [-0.4, -0.2) is 10.9 Å². The maximum absolute atomic E-state index is 2.35. The predicted octanol–water partition coefficient (Wildman–Crippen LogP) is 15.9. The molecule has 0 unspecified atom stereocenters. The summed E-state index contributed by atoms with van der Waals surface area (Å²) in [6.07, 6.45) is 0. The van der Waals surface area contributed by atoms with E-state index in [1.165, 1.54) is 110 Å². The van der Waals surface area contributed by atoms with Gasteiger partial charge in [0, 0.05) is 0 Å². The second kappa shape index (κ2) is 32.2. The van der Waals surface area contributed by atoms with Crippen molar-refractivity contribution in [3.63, 3.8) is 0 Å². The van der Waals surface area contributed by atoms with E-state index in [1.807, 2.05) is 0 Å². The summed E-state index contributed by atoms with van der Waals surface area (Å²) in [7, 11) is 0. The van der Waals surface area contributed by atoms with Gasteiger partial charge in [-0.2, -0.15) is 24.3 Å². The van der Waals surface area contributed by atoms with Gasteiger partial charge in [0.15, 0.2) is 0 Å². The van der Waals surface area contributed by atoms with Crippen LogP contribution in [0.25, 0.3) is 43.1 Å². The van der Waals surface area contributed by atoms with Gasteiger partial charge in [-0.1, -0.05) is 157 Å². The molecule has 0 spiro atoms. The second-order valence-electron chi connectivity index (χ2n) is 23.5. The molecule has 0 saturated heterocycles. The SMILES string of the molecule is CC(C)[Si](=[Zr+2])C(C)C.CC(C)[Si](=[Zr+2])C(C)C.Cc1cc2c(C(C)C)ccc(C)c2[cH-]1.Cc1cc2c(C(C)C)ccc(C)c2[cH-]1.Cc1cc2c(C(C)C)ccc(C)c2[cH-]1.Cc1cc2c(C(C)C)ccc(C)c2[cH-]1.[Cl-].[Cl-]. The van der Waals surface area contributed by atoms with Crippen LogP contribution in [0.5, 0.6) is 0 Å². The minimum atomic E-state index is 0. The van der Waals surface area contributed by atoms with Gasteiger partial charge in [0.2, 0.25) is 0 Å². The normalized spacial score (nSPS) is 11.1. The second-order valence-corrected chi connectivity index (χ2v) is 38.4. The van der Waals surface area contributed by atoms with Crippen LogP contribution in [0.1, 0.15) is 201 Å². The number of benzene rings is 4. The Bertz CT molecular complexity index is 2610. The largest absolute Gasteiger partial charge is 1.00 e. The summed E-state index contributed by atoms with van der Waals surface area (Å²) in [4.78, 5) is 0. The van der Waals surface area contributed by atoms with Gasteiger partial charge < -0.3 is 24.8 Å². The zero-order chi connectivity index (χ0) is 54.6. The van der Waals surface area contributed by atoms with E-state index in [0.717, 1.165) is 22.2 Å². The summed E-state index contributed by atoms with van der Waals surface area (Å²) >= 11 is 3.59. The average Bonchev–Trinajstić information content (AvgIpc) is 4.09. The fourth-order valence-electron chi connectivity index (χ4n) is 9.79. The van der Waals surface area contributed by atoms with Crippen molar-refractivity contribution in [2.45, 2.75) is 212 Å². The van der Waals surface area contributed by atoms with Crippen molar-refractivity contribution in [2.75, 3.05) is 0 Å². The zero-order valence-electron chi connectivity index (χ0n) is 50.6.